The van der Waals surface area contributed by atoms with E-state index in [1.165, 1.54) is 21.0 Å². The second kappa shape index (κ2) is 10.4. The van der Waals surface area contributed by atoms with Crippen molar-refractivity contribution in [2.45, 2.75) is 46.6 Å². The number of hydrogen-bond acceptors (Lipinski definition) is 8. The average Bonchev–Trinajstić information content (AvgIpc) is 3.13. The number of carbonyl (C=O) groups is 2. The van der Waals surface area contributed by atoms with E-state index < -0.39 is 5.97 Å². The highest BCUT2D eigenvalue weighted by Crippen LogP contribution is 2.43. The molecule has 0 aliphatic carbocycles. The van der Waals surface area contributed by atoms with Crippen molar-refractivity contribution in [3.05, 3.63) is 58.7 Å². The van der Waals surface area contributed by atoms with Crippen LogP contribution in [-0.2, 0) is 16.0 Å². The van der Waals surface area contributed by atoms with Crippen LogP contribution in [0.2, 0.25) is 0 Å². The summed E-state index contributed by atoms with van der Waals surface area (Å²) in [5.74, 6) is 0.219. The first-order valence-electron chi connectivity index (χ1n) is 10.9. The Bertz CT molecular complexity index is 1150. The number of esters is 2. The largest absolute Gasteiger partial charge is 0.507 e. The van der Waals surface area contributed by atoms with Crippen molar-refractivity contribution in [2.24, 2.45) is 5.10 Å². The molecule has 0 spiro atoms. The van der Waals surface area contributed by atoms with Gasteiger partial charge < -0.3 is 19.3 Å². The number of carbonyl (C=O) groups excluding carboxylic acids is 2. The van der Waals surface area contributed by atoms with Crippen molar-refractivity contribution in [3.8, 4) is 23.0 Å². The van der Waals surface area contributed by atoms with Gasteiger partial charge >= 0.3 is 11.9 Å². The second-order valence-corrected chi connectivity index (χ2v) is 8.36. The molecule has 2 aromatic rings. The number of methoxy groups -OCH3 is 1. The Morgan fingerprint density at radius 3 is 2.29 bits per heavy atom. The van der Waals surface area contributed by atoms with E-state index in [-0.39, 0.29) is 23.5 Å². The molecule has 1 aliphatic heterocycles. The number of aromatic hydroxyl groups is 1. The molecule has 180 valence electrons. The standard InChI is InChI=1S/C26H30N2O6/c1-15(2)7-12-20-23(34-17(4)30)14-24(32-6)25(26(20)31)21-13-22(28(5)27-21)18-8-10-19(11-9-18)33-16(3)29/h7-11,14,22,31H,12-13H2,1-6H3. The molecule has 8 heteroatoms. The molecule has 0 radical (unpaired) electrons. The molecule has 3 rings (SSSR count). The van der Waals surface area contributed by atoms with Gasteiger partial charge in [0.1, 0.15) is 23.0 Å². The third-order valence-corrected chi connectivity index (χ3v) is 5.45. The van der Waals surface area contributed by atoms with Gasteiger partial charge in [-0.05, 0) is 38.0 Å². The third-order valence-electron chi connectivity index (χ3n) is 5.45. The number of phenols is 1. The van der Waals surface area contributed by atoms with E-state index in [1.54, 1.807) is 18.2 Å². The summed E-state index contributed by atoms with van der Waals surface area (Å²) in [5.41, 5.74) is 3.67. The maximum atomic E-state index is 11.7. The maximum absolute atomic E-state index is 11.7. The van der Waals surface area contributed by atoms with Crippen molar-refractivity contribution < 1.29 is 28.9 Å². The van der Waals surface area contributed by atoms with Crippen molar-refractivity contribution in [1.29, 1.82) is 0 Å². The minimum Gasteiger partial charge on any atom is -0.507 e. The Hall–Kier alpha value is -3.81. The molecular formula is C26H30N2O6. The predicted octanol–water partition coefficient (Wildman–Crippen LogP) is 4.54. The van der Waals surface area contributed by atoms with Crippen LogP contribution in [0, 0.1) is 0 Å². The summed E-state index contributed by atoms with van der Waals surface area (Å²) in [6, 6.07) is 8.80. The predicted molar refractivity (Wildman–Crippen MR) is 129 cm³/mol. The van der Waals surface area contributed by atoms with Gasteiger partial charge in [0.05, 0.1) is 24.4 Å². The maximum Gasteiger partial charge on any atom is 0.308 e. The minimum atomic E-state index is -0.483. The van der Waals surface area contributed by atoms with Gasteiger partial charge in [-0.15, -0.1) is 0 Å². The number of nitrogens with zero attached hydrogens (tertiary/aromatic N) is 2. The Balaban J connectivity index is 1.99. The monoisotopic (exact) mass is 466 g/mol. The molecule has 2 aromatic carbocycles. The highest BCUT2D eigenvalue weighted by molar-refractivity contribution is 6.07. The molecule has 1 heterocycles. The van der Waals surface area contributed by atoms with Gasteiger partial charge in [0.25, 0.3) is 0 Å². The van der Waals surface area contributed by atoms with Gasteiger partial charge in [-0.25, -0.2) is 0 Å². The lowest BCUT2D eigenvalue weighted by molar-refractivity contribution is -0.132. The number of ether oxygens (including phenoxy) is 3. The highest BCUT2D eigenvalue weighted by Gasteiger charge is 2.31. The Kier molecular flexibility index (Phi) is 7.61. The zero-order valence-electron chi connectivity index (χ0n) is 20.3. The van der Waals surface area contributed by atoms with Gasteiger partial charge in [-0.2, -0.15) is 5.10 Å². The van der Waals surface area contributed by atoms with Crippen LogP contribution in [0.3, 0.4) is 0 Å². The summed E-state index contributed by atoms with van der Waals surface area (Å²) in [6.07, 6.45) is 2.86. The lowest BCUT2D eigenvalue weighted by atomic mass is 9.94. The zero-order chi connectivity index (χ0) is 25.0. The third kappa shape index (κ3) is 5.57. The average molecular weight is 467 g/mol. The number of benzene rings is 2. The Labute approximate surface area is 199 Å². The molecule has 34 heavy (non-hydrogen) atoms. The van der Waals surface area contributed by atoms with Crippen molar-refractivity contribution in [3.63, 3.8) is 0 Å². The zero-order valence-corrected chi connectivity index (χ0v) is 20.3. The Morgan fingerprint density at radius 2 is 1.74 bits per heavy atom. The first kappa shape index (κ1) is 24.8. The number of hydrogen-bond donors (Lipinski definition) is 1. The molecule has 1 unspecified atom stereocenters. The van der Waals surface area contributed by atoms with Crippen LogP contribution in [-0.4, -0.2) is 41.9 Å². The summed E-state index contributed by atoms with van der Waals surface area (Å²) in [4.78, 5) is 22.8. The van der Waals surface area contributed by atoms with Crippen molar-refractivity contribution in [1.82, 2.24) is 5.01 Å². The molecule has 0 amide bonds. The molecule has 0 saturated carbocycles. The summed E-state index contributed by atoms with van der Waals surface area (Å²) in [5, 5.41) is 17.8. The van der Waals surface area contributed by atoms with E-state index in [0.29, 0.717) is 41.2 Å². The van der Waals surface area contributed by atoms with Gasteiger partial charge in [-0.3, -0.25) is 14.6 Å². The van der Waals surface area contributed by atoms with E-state index >= 15 is 0 Å². The molecule has 8 nitrogen and oxygen atoms in total. The van der Waals surface area contributed by atoms with Crippen LogP contribution >= 0.6 is 0 Å². The van der Waals surface area contributed by atoms with E-state index in [2.05, 4.69) is 5.10 Å². The fraction of sp³-hybridized carbons (Fsp3) is 0.346. The summed E-state index contributed by atoms with van der Waals surface area (Å²) in [7, 11) is 3.36. The molecule has 0 saturated heterocycles. The highest BCUT2D eigenvalue weighted by atomic mass is 16.5. The van der Waals surface area contributed by atoms with Crippen molar-refractivity contribution in [2.75, 3.05) is 14.2 Å². The fourth-order valence-electron chi connectivity index (χ4n) is 3.88. The van der Waals surface area contributed by atoms with E-state index in [0.717, 1.165) is 11.1 Å². The van der Waals surface area contributed by atoms with E-state index in [9.17, 15) is 14.7 Å². The lowest BCUT2D eigenvalue weighted by Gasteiger charge is -2.19. The van der Waals surface area contributed by atoms with E-state index in [4.69, 9.17) is 14.2 Å². The molecule has 0 bridgehead atoms. The lowest BCUT2D eigenvalue weighted by Crippen LogP contribution is -2.14. The quantitative estimate of drug-likeness (QED) is 0.363. The van der Waals surface area contributed by atoms with Crippen LogP contribution in [0.1, 0.15) is 56.8 Å². The molecule has 1 atom stereocenters. The topological polar surface area (TPSA) is 97.7 Å². The summed E-state index contributed by atoms with van der Waals surface area (Å²) >= 11 is 0. The summed E-state index contributed by atoms with van der Waals surface area (Å²) < 4.78 is 16.0. The fourth-order valence-corrected chi connectivity index (χ4v) is 3.88. The van der Waals surface area contributed by atoms with Gasteiger partial charge in [0, 0.05) is 38.9 Å². The number of rotatable bonds is 7. The van der Waals surface area contributed by atoms with Crippen molar-refractivity contribution >= 4 is 17.7 Å². The molecular weight excluding hydrogens is 436 g/mol. The molecule has 0 fully saturated rings. The van der Waals surface area contributed by atoms with Gasteiger partial charge in [0.15, 0.2) is 0 Å². The number of phenolic OH excluding ortho intramolecular Hbond substituents is 1. The summed E-state index contributed by atoms with van der Waals surface area (Å²) in [6.45, 7) is 6.59. The van der Waals surface area contributed by atoms with Gasteiger partial charge in [0.2, 0.25) is 0 Å². The number of allylic oxidation sites excluding steroid dienone is 2. The Morgan fingerprint density at radius 1 is 1.09 bits per heavy atom. The van der Waals surface area contributed by atoms with Crippen LogP contribution in [0.4, 0.5) is 0 Å². The van der Waals surface area contributed by atoms with Crippen LogP contribution < -0.4 is 14.2 Å². The number of hydrazone groups is 1. The second-order valence-electron chi connectivity index (χ2n) is 8.36. The van der Waals surface area contributed by atoms with Crippen LogP contribution in [0.5, 0.6) is 23.0 Å². The molecule has 1 aliphatic rings. The van der Waals surface area contributed by atoms with E-state index in [1.807, 2.05) is 44.1 Å². The molecule has 0 aromatic heterocycles. The normalized spacial score (nSPS) is 14.9. The SMILES string of the molecule is COc1cc(OC(C)=O)c(CC=C(C)C)c(O)c1C1=NN(C)C(c2ccc(OC(C)=O)cc2)C1. The smallest absolute Gasteiger partial charge is 0.308 e. The van der Waals surface area contributed by atoms with Crippen LogP contribution in [0.15, 0.2) is 47.1 Å². The van der Waals surface area contributed by atoms with Crippen LogP contribution in [0.25, 0.3) is 0 Å². The minimum absolute atomic E-state index is 0.0221. The molecule has 1 N–H and O–H groups in total. The van der Waals surface area contributed by atoms with Gasteiger partial charge in [-0.1, -0.05) is 23.8 Å². The first-order chi connectivity index (χ1) is 16.1. The first-order valence-corrected chi connectivity index (χ1v) is 10.9.